The minimum absolute atomic E-state index is 0.0254. The van der Waals surface area contributed by atoms with Crippen LogP contribution in [0.4, 0.5) is 10.3 Å². The Bertz CT molecular complexity index is 724. The fourth-order valence-corrected chi connectivity index (χ4v) is 2.53. The normalized spacial score (nSPS) is 21.1. The van der Waals surface area contributed by atoms with Gasteiger partial charge in [0.15, 0.2) is 0 Å². The van der Waals surface area contributed by atoms with Gasteiger partial charge >= 0.3 is 5.97 Å². The lowest BCUT2D eigenvalue weighted by atomic mass is 10.1. The molecule has 0 bridgehead atoms. The Labute approximate surface area is 135 Å². The first-order valence-corrected chi connectivity index (χ1v) is 7.35. The highest BCUT2D eigenvalue weighted by molar-refractivity contribution is 6.32. The number of nitrogens with one attached hydrogen (secondary N) is 2. The molecule has 0 radical (unpaired) electrons. The number of carboxylic acid groups (broad SMARTS) is 1. The van der Waals surface area contributed by atoms with Crippen molar-refractivity contribution in [3.8, 4) is 11.3 Å². The molecular weight excluding hydrogens is 327 g/mol. The molecule has 0 saturated carbocycles. The minimum atomic E-state index is -1.14. The van der Waals surface area contributed by atoms with E-state index >= 15 is 0 Å². The molecule has 1 aliphatic heterocycles. The summed E-state index contributed by atoms with van der Waals surface area (Å²) in [5.74, 6) is -0.848. The van der Waals surface area contributed by atoms with Crippen LogP contribution < -0.4 is 5.32 Å². The largest absolute Gasteiger partial charge is 0.477 e. The third kappa shape index (κ3) is 3.43. The van der Waals surface area contributed by atoms with E-state index in [0.29, 0.717) is 24.3 Å². The van der Waals surface area contributed by atoms with Crippen LogP contribution in [0.2, 0.25) is 5.02 Å². The number of carboxylic acids is 1. The van der Waals surface area contributed by atoms with Crippen molar-refractivity contribution >= 4 is 23.5 Å². The predicted molar refractivity (Wildman–Crippen MR) is 81.5 cm³/mol. The zero-order valence-electron chi connectivity index (χ0n) is 11.9. The third-order valence-corrected chi connectivity index (χ3v) is 3.81. The summed E-state index contributed by atoms with van der Waals surface area (Å²) in [6, 6.07) is 0.991. The summed E-state index contributed by atoms with van der Waals surface area (Å²) in [7, 11) is 0. The lowest BCUT2D eigenvalue weighted by Crippen LogP contribution is -2.39. The zero-order valence-corrected chi connectivity index (χ0v) is 12.7. The molecule has 23 heavy (non-hydrogen) atoms. The number of alkyl halides is 1. The highest BCUT2D eigenvalue weighted by Gasteiger charge is 2.26. The molecule has 0 spiro atoms. The Balaban J connectivity index is 1.85. The highest BCUT2D eigenvalue weighted by Crippen LogP contribution is 2.27. The molecular formula is C14H14ClFN4O3. The van der Waals surface area contributed by atoms with Crippen molar-refractivity contribution in [2.45, 2.75) is 18.6 Å². The molecule has 0 aromatic carbocycles. The smallest absolute Gasteiger partial charge is 0.352 e. The van der Waals surface area contributed by atoms with E-state index in [2.05, 4.69) is 20.3 Å². The van der Waals surface area contributed by atoms with E-state index in [1.54, 1.807) is 0 Å². The number of hydrogen-bond acceptors (Lipinski definition) is 5. The number of rotatable bonds is 4. The van der Waals surface area contributed by atoms with Crippen LogP contribution in [-0.2, 0) is 4.74 Å². The second kappa shape index (κ2) is 6.51. The van der Waals surface area contributed by atoms with Crippen LogP contribution >= 0.6 is 11.6 Å². The monoisotopic (exact) mass is 340 g/mol. The van der Waals surface area contributed by atoms with E-state index in [1.165, 1.54) is 18.5 Å². The lowest BCUT2D eigenvalue weighted by molar-refractivity contribution is 0.0284. The van der Waals surface area contributed by atoms with E-state index < -0.39 is 18.2 Å². The van der Waals surface area contributed by atoms with Gasteiger partial charge in [-0.2, -0.15) is 0 Å². The van der Waals surface area contributed by atoms with Gasteiger partial charge in [0.25, 0.3) is 0 Å². The Hall–Kier alpha value is -2.19. The van der Waals surface area contributed by atoms with E-state index in [1.807, 2.05) is 0 Å². The summed E-state index contributed by atoms with van der Waals surface area (Å²) >= 11 is 6.08. The van der Waals surface area contributed by atoms with Gasteiger partial charge in [-0.3, -0.25) is 0 Å². The van der Waals surface area contributed by atoms with Gasteiger partial charge < -0.3 is 20.1 Å². The van der Waals surface area contributed by atoms with Crippen LogP contribution in [0, 0.1) is 0 Å². The van der Waals surface area contributed by atoms with E-state index in [4.69, 9.17) is 21.4 Å². The number of nitrogens with zero attached hydrogens (tertiary/aromatic N) is 2. The average molecular weight is 341 g/mol. The fourth-order valence-electron chi connectivity index (χ4n) is 2.33. The number of aromatic carboxylic acids is 1. The van der Waals surface area contributed by atoms with Crippen LogP contribution in [0.3, 0.4) is 0 Å². The number of hydrogen-bond donors (Lipinski definition) is 3. The van der Waals surface area contributed by atoms with Crippen LogP contribution in [0.15, 0.2) is 18.5 Å². The van der Waals surface area contributed by atoms with Gasteiger partial charge in [0.1, 0.15) is 11.9 Å². The number of anilines is 1. The molecule has 7 nitrogen and oxygen atoms in total. The summed E-state index contributed by atoms with van der Waals surface area (Å²) in [6.07, 6.45) is 2.26. The molecule has 122 valence electrons. The first-order valence-electron chi connectivity index (χ1n) is 6.97. The summed E-state index contributed by atoms with van der Waals surface area (Å²) in [5.41, 5.74) is 0.912. The minimum Gasteiger partial charge on any atom is -0.477 e. The molecule has 2 aromatic rings. The quantitative estimate of drug-likeness (QED) is 0.790. The van der Waals surface area contributed by atoms with Crippen molar-refractivity contribution in [3.05, 3.63) is 29.2 Å². The summed E-state index contributed by atoms with van der Waals surface area (Å²) in [5, 5.41) is 12.2. The SMILES string of the molecule is O=C(O)c1cc(-c2nc(N[C@H]3CCOC[C@@H]3F)ncc2Cl)c[nH]1. The van der Waals surface area contributed by atoms with Gasteiger partial charge in [-0.25, -0.2) is 19.2 Å². The number of ether oxygens (including phenoxy) is 1. The highest BCUT2D eigenvalue weighted by atomic mass is 35.5. The molecule has 3 heterocycles. The molecule has 0 amide bonds. The molecule has 2 aromatic heterocycles. The number of H-pyrrole nitrogens is 1. The van der Waals surface area contributed by atoms with Crippen LogP contribution in [0.5, 0.6) is 0 Å². The summed E-state index contributed by atoms with van der Waals surface area (Å²) in [6.45, 7) is 0.510. The summed E-state index contributed by atoms with van der Waals surface area (Å²) < 4.78 is 18.8. The van der Waals surface area contributed by atoms with Gasteiger partial charge in [0, 0.05) is 18.4 Å². The van der Waals surface area contributed by atoms with Gasteiger partial charge in [0.2, 0.25) is 5.95 Å². The molecule has 0 unspecified atom stereocenters. The third-order valence-electron chi connectivity index (χ3n) is 3.53. The van der Waals surface area contributed by atoms with Gasteiger partial charge in [0.05, 0.1) is 29.6 Å². The molecule has 1 saturated heterocycles. The molecule has 1 aliphatic rings. The maximum absolute atomic E-state index is 13.8. The Morgan fingerprint density at radius 2 is 2.39 bits per heavy atom. The van der Waals surface area contributed by atoms with Crippen LogP contribution in [0.25, 0.3) is 11.3 Å². The first kappa shape index (κ1) is 15.7. The van der Waals surface area contributed by atoms with E-state index in [-0.39, 0.29) is 23.3 Å². The van der Waals surface area contributed by atoms with Crippen LogP contribution in [-0.4, -0.2) is 51.5 Å². The Morgan fingerprint density at radius 3 is 3.09 bits per heavy atom. The van der Waals surface area contributed by atoms with Crippen molar-refractivity contribution in [1.82, 2.24) is 15.0 Å². The van der Waals surface area contributed by atoms with Crippen molar-refractivity contribution in [2.24, 2.45) is 0 Å². The second-order valence-electron chi connectivity index (χ2n) is 5.13. The molecule has 0 aliphatic carbocycles. The molecule has 2 atom stereocenters. The summed E-state index contributed by atoms with van der Waals surface area (Å²) in [4.78, 5) is 21.9. The maximum Gasteiger partial charge on any atom is 0.352 e. The first-order chi connectivity index (χ1) is 11.0. The molecule has 1 fully saturated rings. The van der Waals surface area contributed by atoms with Gasteiger partial charge in [-0.15, -0.1) is 0 Å². The topological polar surface area (TPSA) is 100 Å². The van der Waals surface area contributed by atoms with Crippen molar-refractivity contribution in [3.63, 3.8) is 0 Å². The Morgan fingerprint density at radius 1 is 1.57 bits per heavy atom. The van der Waals surface area contributed by atoms with Gasteiger partial charge in [-0.1, -0.05) is 11.6 Å². The molecule has 3 rings (SSSR count). The second-order valence-corrected chi connectivity index (χ2v) is 5.53. The molecule has 3 N–H and O–H groups in total. The van der Waals surface area contributed by atoms with Gasteiger partial charge in [-0.05, 0) is 12.5 Å². The number of aromatic nitrogens is 3. The number of aromatic amines is 1. The fraction of sp³-hybridized carbons (Fsp3) is 0.357. The van der Waals surface area contributed by atoms with E-state index in [0.717, 1.165) is 0 Å². The van der Waals surface area contributed by atoms with Crippen LogP contribution in [0.1, 0.15) is 16.9 Å². The standard InChI is InChI=1S/C14H14ClFN4O3/c15-8-5-18-14(19-10-1-2-23-6-9(10)16)20-12(8)7-3-11(13(21)22)17-4-7/h3-5,9-10,17H,1-2,6H2,(H,21,22)(H,18,19,20)/t9-,10-/m0/s1. The van der Waals surface area contributed by atoms with Crippen molar-refractivity contribution in [1.29, 1.82) is 0 Å². The average Bonchev–Trinajstić information content (AvgIpc) is 3.01. The Kier molecular flexibility index (Phi) is 4.44. The van der Waals surface area contributed by atoms with Crippen molar-refractivity contribution < 1.29 is 19.0 Å². The number of carbonyl (C=O) groups is 1. The predicted octanol–water partition coefficient (Wildman–Crippen LogP) is 2.36. The maximum atomic E-state index is 13.8. The molecule has 9 heteroatoms. The number of halogens is 2. The van der Waals surface area contributed by atoms with E-state index in [9.17, 15) is 9.18 Å². The van der Waals surface area contributed by atoms with Crippen molar-refractivity contribution in [2.75, 3.05) is 18.5 Å². The lowest BCUT2D eigenvalue weighted by Gasteiger charge is -2.26. The zero-order chi connectivity index (χ0) is 16.4.